The molecule has 24 heavy (non-hydrogen) atoms. The van der Waals surface area contributed by atoms with Gasteiger partial charge < -0.3 is 19.8 Å². The summed E-state index contributed by atoms with van der Waals surface area (Å²) in [6.45, 7) is 4.40. The van der Waals surface area contributed by atoms with E-state index < -0.39 is 0 Å². The number of aliphatic imine (C=N–C) groups is 1. The topological polar surface area (TPSA) is 58.8 Å². The first kappa shape index (κ1) is 17.9. The second-order valence-corrected chi connectivity index (χ2v) is 5.53. The molecule has 2 aromatic rings. The van der Waals surface area contributed by atoms with E-state index >= 15 is 0 Å². The molecular weight excluding hydrogens is 302 g/mol. The first-order valence-corrected chi connectivity index (χ1v) is 8.50. The first-order chi connectivity index (χ1) is 11.8. The molecule has 0 spiro atoms. The van der Waals surface area contributed by atoms with Crippen LogP contribution in [0.4, 0.5) is 0 Å². The molecule has 130 valence electrons. The summed E-state index contributed by atoms with van der Waals surface area (Å²) < 4.78 is 11.1. The molecule has 0 aliphatic heterocycles. The Morgan fingerprint density at radius 2 is 2.12 bits per heavy atom. The molecule has 5 heteroatoms. The van der Waals surface area contributed by atoms with Gasteiger partial charge in [-0.25, -0.2) is 0 Å². The fraction of sp³-hybridized carbons (Fsp3) is 0.421. The van der Waals surface area contributed by atoms with Crippen LogP contribution in [0.3, 0.4) is 0 Å². The molecule has 0 saturated heterocycles. The Morgan fingerprint density at radius 1 is 1.21 bits per heavy atom. The number of guanidine groups is 1. The van der Waals surface area contributed by atoms with Crippen LogP contribution < -0.4 is 15.4 Å². The van der Waals surface area contributed by atoms with Crippen LogP contribution in [-0.4, -0.2) is 26.2 Å². The molecule has 5 nitrogen and oxygen atoms in total. The highest BCUT2D eigenvalue weighted by Gasteiger charge is 2.01. The zero-order valence-electron chi connectivity index (χ0n) is 14.5. The molecule has 1 heterocycles. The summed E-state index contributed by atoms with van der Waals surface area (Å²) in [5.74, 6) is 2.66. The van der Waals surface area contributed by atoms with Crippen molar-refractivity contribution in [3.63, 3.8) is 0 Å². The molecule has 1 aromatic carbocycles. The Bertz CT molecular complexity index is 609. The van der Waals surface area contributed by atoms with E-state index in [1.165, 1.54) is 0 Å². The molecule has 2 rings (SSSR count). The van der Waals surface area contributed by atoms with Gasteiger partial charge in [-0.15, -0.1) is 0 Å². The maximum absolute atomic E-state index is 5.74. The average molecular weight is 329 g/mol. The van der Waals surface area contributed by atoms with Crippen LogP contribution >= 0.6 is 0 Å². The predicted octanol–water partition coefficient (Wildman–Crippen LogP) is 3.37. The number of hydrogen-bond donors (Lipinski definition) is 2. The molecule has 0 fully saturated rings. The van der Waals surface area contributed by atoms with Crippen molar-refractivity contribution in [1.29, 1.82) is 0 Å². The Kier molecular flexibility index (Phi) is 7.74. The van der Waals surface area contributed by atoms with Crippen molar-refractivity contribution in [2.45, 2.75) is 32.7 Å². The van der Waals surface area contributed by atoms with Crippen LogP contribution in [0.15, 0.2) is 52.1 Å². The van der Waals surface area contributed by atoms with Gasteiger partial charge in [0.15, 0.2) is 5.96 Å². The number of nitrogens with one attached hydrogen (secondary N) is 2. The van der Waals surface area contributed by atoms with Gasteiger partial charge in [-0.3, -0.25) is 4.99 Å². The molecule has 1 aromatic heterocycles. The summed E-state index contributed by atoms with van der Waals surface area (Å²) in [5.41, 5.74) is 1.16. The van der Waals surface area contributed by atoms with Crippen molar-refractivity contribution in [2.75, 3.05) is 20.2 Å². The maximum atomic E-state index is 5.74. The van der Waals surface area contributed by atoms with Gasteiger partial charge in [0, 0.05) is 26.6 Å². The molecule has 0 atom stereocenters. The van der Waals surface area contributed by atoms with Gasteiger partial charge in [0.2, 0.25) is 0 Å². The third-order valence-electron chi connectivity index (χ3n) is 3.59. The lowest BCUT2D eigenvalue weighted by molar-refractivity contribution is 0.309. The molecular formula is C19H27N3O2. The monoisotopic (exact) mass is 329 g/mol. The van der Waals surface area contributed by atoms with E-state index in [0.717, 1.165) is 55.4 Å². The van der Waals surface area contributed by atoms with Crippen molar-refractivity contribution >= 4 is 5.96 Å². The van der Waals surface area contributed by atoms with Crippen molar-refractivity contribution in [3.05, 3.63) is 54.0 Å². The van der Waals surface area contributed by atoms with E-state index in [1.54, 1.807) is 13.3 Å². The van der Waals surface area contributed by atoms with Gasteiger partial charge in [0.05, 0.1) is 12.9 Å². The van der Waals surface area contributed by atoms with E-state index in [0.29, 0.717) is 6.54 Å². The molecule has 2 N–H and O–H groups in total. The van der Waals surface area contributed by atoms with E-state index in [2.05, 4.69) is 34.7 Å². The third kappa shape index (κ3) is 6.36. The predicted molar refractivity (Wildman–Crippen MR) is 97.5 cm³/mol. The highest BCUT2D eigenvalue weighted by molar-refractivity contribution is 5.79. The average Bonchev–Trinajstić information content (AvgIpc) is 3.12. The Labute approximate surface area is 144 Å². The molecule has 0 saturated carbocycles. The number of rotatable bonds is 9. The van der Waals surface area contributed by atoms with E-state index in [1.807, 2.05) is 24.3 Å². The van der Waals surface area contributed by atoms with E-state index in [9.17, 15) is 0 Å². The van der Waals surface area contributed by atoms with E-state index in [-0.39, 0.29) is 0 Å². The minimum Gasteiger partial charge on any atom is -0.494 e. The largest absolute Gasteiger partial charge is 0.494 e. The molecule has 0 aliphatic rings. The quantitative estimate of drug-likeness (QED) is 0.421. The lowest BCUT2D eigenvalue weighted by Crippen LogP contribution is -2.37. The highest BCUT2D eigenvalue weighted by atomic mass is 16.5. The van der Waals surface area contributed by atoms with Gasteiger partial charge >= 0.3 is 0 Å². The van der Waals surface area contributed by atoms with Crippen LogP contribution in [0.25, 0.3) is 0 Å². The molecule has 0 amide bonds. The van der Waals surface area contributed by atoms with Gasteiger partial charge in [-0.1, -0.05) is 25.5 Å². The molecule has 0 radical (unpaired) electrons. The second-order valence-electron chi connectivity index (χ2n) is 5.53. The second kappa shape index (κ2) is 10.4. The lowest BCUT2D eigenvalue weighted by atomic mass is 10.2. The highest BCUT2D eigenvalue weighted by Crippen LogP contribution is 2.13. The summed E-state index contributed by atoms with van der Waals surface area (Å²) in [7, 11) is 1.77. The zero-order chi connectivity index (χ0) is 17.0. The van der Waals surface area contributed by atoms with Gasteiger partial charge in [0.25, 0.3) is 0 Å². The number of benzene rings is 1. The Hall–Kier alpha value is -2.43. The number of nitrogens with zero attached hydrogens (tertiary/aromatic N) is 1. The molecule has 0 aliphatic carbocycles. The first-order valence-electron chi connectivity index (χ1n) is 8.50. The minimum absolute atomic E-state index is 0.700. The zero-order valence-corrected chi connectivity index (χ0v) is 14.5. The molecule has 0 bridgehead atoms. The summed E-state index contributed by atoms with van der Waals surface area (Å²) in [5, 5.41) is 6.60. The van der Waals surface area contributed by atoms with Crippen molar-refractivity contribution in [2.24, 2.45) is 4.99 Å². The molecule has 0 unspecified atom stereocenters. The van der Waals surface area contributed by atoms with Crippen LogP contribution in [-0.2, 0) is 13.0 Å². The fourth-order valence-electron chi connectivity index (χ4n) is 2.24. The van der Waals surface area contributed by atoms with Crippen molar-refractivity contribution in [1.82, 2.24) is 10.6 Å². The summed E-state index contributed by atoms with van der Waals surface area (Å²) in [6.07, 6.45) is 4.74. The number of unbranched alkanes of at least 4 members (excludes halogenated alkanes) is 1. The standard InChI is InChI=1S/C19H27N3O2/c1-3-4-12-24-18-8-5-7-16(14-18)15-22-19(20-2)21-11-10-17-9-6-13-23-17/h5-9,13-14H,3-4,10-12,15H2,1-2H3,(H2,20,21,22). The van der Waals surface area contributed by atoms with E-state index in [4.69, 9.17) is 9.15 Å². The van der Waals surface area contributed by atoms with Gasteiger partial charge in [-0.2, -0.15) is 0 Å². The number of hydrogen-bond acceptors (Lipinski definition) is 3. The van der Waals surface area contributed by atoms with Crippen LogP contribution in [0.5, 0.6) is 5.75 Å². The third-order valence-corrected chi connectivity index (χ3v) is 3.59. The number of ether oxygens (including phenoxy) is 1. The van der Waals surface area contributed by atoms with Crippen LogP contribution in [0.1, 0.15) is 31.1 Å². The van der Waals surface area contributed by atoms with Crippen molar-refractivity contribution in [3.8, 4) is 5.75 Å². The number of furan rings is 1. The van der Waals surface area contributed by atoms with Crippen molar-refractivity contribution < 1.29 is 9.15 Å². The SMILES string of the molecule is CCCCOc1cccc(CNC(=NC)NCCc2ccco2)c1. The lowest BCUT2D eigenvalue weighted by Gasteiger charge is -2.12. The minimum atomic E-state index is 0.700. The Balaban J connectivity index is 1.74. The van der Waals surface area contributed by atoms with Crippen LogP contribution in [0, 0.1) is 0 Å². The normalized spacial score (nSPS) is 11.3. The summed E-state index contributed by atoms with van der Waals surface area (Å²) >= 11 is 0. The summed E-state index contributed by atoms with van der Waals surface area (Å²) in [6, 6.07) is 12.0. The fourth-order valence-corrected chi connectivity index (χ4v) is 2.24. The Morgan fingerprint density at radius 3 is 2.88 bits per heavy atom. The smallest absolute Gasteiger partial charge is 0.191 e. The maximum Gasteiger partial charge on any atom is 0.191 e. The van der Waals surface area contributed by atoms with Gasteiger partial charge in [0.1, 0.15) is 11.5 Å². The summed E-state index contributed by atoms with van der Waals surface area (Å²) in [4.78, 5) is 4.24. The van der Waals surface area contributed by atoms with Crippen LogP contribution in [0.2, 0.25) is 0 Å². The van der Waals surface area contributed by atoms with Gasteiger partial charge in [-0.05, 0) is 36.2 Å².